The number of carbonyl (C=O) groups excluding carboxylic acids is 2. The van der Waals surface area contributed by atoms with Gasteiger partial charge in [0.1, 0.15) is 11.5 Å². The molecule has 1 aliphatic heterocycles. The van der Waals surface area contributed by atoms with Gasteiger partial charge in [0.25, 0.3) is 5.91 Å². The molecule has 1 N–H and O–H groups in total. The van der Waals surface area contributed by atoms with E-state index >= 15 is 4.39 Å². The maximum Gasteiger partial charge on any atom is 0.254 e. The molecule has 1 saturated heterocycles. The molecule has 2 aliphatic rings. The van der Waals surface area contributed by atoms with Crippen molar-refractivity contribution in [3.63, 3.8) is 0 Å². The molecule has 0 spiro atoms. The number of anilines is 1. The molecule has 2 aromatic heterocycles. The van der Waals surface area contributed by atoms with Crippen molar-refractivity contribution in [1.29, 1.82) is 0 Å². The summed E-state index contributed by atoms with van der Waals surface area (Å²) in [5.41, 5.74) is 4.67. The molecule has 3 aromatic rings. The van der Waals surface area contributed by atoms with Crippen molar-refractivity contribution in [2.24, 2.45) is 4.99 Å². The zero-order chi connectivity index (χ0) is 26.8. The minimum absolute atomic E-state index is 0.204. The Hall–Kier alpha value is -3.70. The van der Waals surface area contributed by atoms with Crippen LogP contribution < -0.4 is 5.32 Å². The number of ether oxygens (including phenoxy) is 1. The molecule has 0 atom stereocenters. The second kappa shape index (κ2) is 11.0. The van der Waals surface area contributed by atoms with Crippen LogP contribution >= 0.6 is 11.3 Å². The van der Waals surface area contributed by atoms with Crippen molar-refractivity contribution in [3.05, 3.63) is 52.6 Å². The number of amides is 2. The molecule has 5 rings (SSSR count). The largest absolute Gasteiger partial charge is 0.378 e. The summed E-state index contributed by atoms with van der Waals surface area (Å²) in [4.78, 5) is 35.9. The van der Waals surface area contributed by atoms with E-state index in [2.05, 4.69) is 15.3 Å². The Kier molecular flexibility index (Phi) is 7.48. The number of aromatic nitrogens is 3. The molecular formula is C27H29FN6O3S. The molecule has 1 aromatic carbocycles. The van der Waals surface area contributed by atoms with E-state index in [0.717, 1.165) is 39.5 Å². The van der Waals surface area contributed by atoms with E-state index in [-0.39, 0.29) is 23.1 Å². The van der Waals surface area contributed by atoms with Crippen LogP contribution in [0.15, 0.2) is 29.3 Å². The molecule has 0 unspecified atom stereocenters. The fourth-order valence-corrected chi connectivity index (χ4v) is 5.93. The minimum Gasteiger partial charge on any atom is -0.378 e. The summed E-state index contributed by atoms with van der Waals surface area (Å²) in [6, 6.07) is 4.51. The van der Waals surface area contributed by atoms with Crippen LogP contribution in [0.1, 0.15) is 47.6 Å². The standard InChI is InChI=1S/C27H29FN6O3S/c1-4-5-18(15-29-3)23-19-7-8-21-25(38-27(31-21)30-16(2)35)24(19)34(32-23)22-9-6-17(14-20(22)28)26(36)33-10-12-37-13-11-33/h5-6,9,14-15H,4,7-8,10-13H2,1-3H3,(H,30,31,35)/b18-5+,29-15?. The lowest BCUT2D eigenvalue weighted by Gasteiger charge is -2.27. The third-order valence-corrected chi connectivity index (χ3v) is 7.50. The first-order valence-corrected chi connectivity index (χ1v) is 13.4. The molecular weight excluding hydrogens is 507 g/mol. The summed E-state index contributed by atoms with van der Waals surface area (Å²) in [6.07, 6.45) is 5.94. The number of aliphatic imine (C=N–C) groups is 1. The van der Waals surface area contributed by atoms with Crippen LogP contribution in [0.5, 0.6) is 0 Å². The molecule has 0 radical (unpaired) electrons. The van der Waals surface area contributed by atoms with Crippen molar-refractivity contribution in [2.75, 3.05) is 38.7 Å². The predicted octanol–water partition coefficient (Wildman–Crippen LogP) is 4.16. The van der Waals surface area contributed by atoms with Crippen molar-refractivity contribution >= 4 is 40.1 Å². The van der Waals surface area contributed by atoms with Crippen LogP contribution in [0.2, 0.25) is 0 Å². The lowest BCUT2D eigenvalue weighted by molar-refractivity contribution is -0.114. The number of fused-ring (bicyclic) bond motifs is 3. The lowest BCUT2D eigenvalue weighted by Crippen LogP contribution is -2.40. The van der Waals surface area contributed by atoms with Gasteiger partial charge in [-0.3, -0.25) is 14.6 Å². The van der Waals surface area contributed by atoms with Crippen LogP contribution in [0.4, 0.5) is 9.52 Å². The molecule has 198 valence electrons. The molecule has 1 aliphatic carbocycles. The number of allylic oxidation sites excluding steroid dienone is 2. The smallest absolute Gasteiger partial charge is 0.254 e. The molecule has 0 saturated carbocycles. The first-order chi connectivity index (χ1) is 18.4. The van der Waals surface area contributed by atoms with Crippen LogP contribution in [0.3, 0.4) is 0 Å². The molecule has 9 nitrogen and oxygen atoms in total. The van der Waals surface area contributed by atoms with Crippen molar-refractivity contribution in [3.8, 4) is 16.3 Å². The van der Waals surface area contributed by atoms with E-state index in [1.807, 2.05) is 13.0 Å². The Morgan fingerprint density at radius 1 is 1.26 bits per heavy atom. The van der Waals surface area contributed by atoms with Crippen LogP contribution in [-0.4, -0.2) is 71.0 Å². The van der Waals surface area contributed by atoms with Gasteiger partial charge in [-0.1, -0.05) is 24.3 Å². The molecule has 11 heteroatoms. The third kappa shape index (κ3) is 4.91. The van der Waals surface area contributed by atoms with Gasteiger partial charge in [-0.05, 0) is 37.5 Å². The Morgan fingerprint density at radius 2 is 2.05 bits per heavy atom. The van der Waals surface area contributed by atoms with Gasteiger partial charge in [-0.2, -0.15) is 5.10 Å². The first kappa shape index (κ1) is 25.9. The highest BCUT2D eigenvalue weighted by Crippen LogP contribution is 2.43. The topological polar surface area (TPSA) is 102 Å². The van der Waals surface area contributed by atoms with Gasteiger partial charge >= 0.3 is 0 Å². The van der Waals surface area contributed by atoms with E-state index < -0.39 is 5.82 Å². The summed E-state index contributed by atoms with van der Waals surface area (Å²) < 4.78 is 22.7. The Morgan fingerprint density at radius 3 is 2.74 bits per heavy atom. The number of nitrogens with one attached hydrogen (secondary N) is 1. The van der Waals surface area contributed by atoms with Crippen molar-refractivity contribution in [1.82, 2.24) is 19.7 Å². The monoisotopic (exact) mass is 536 g/mol. The Bertz CT molecular complexity index is 1450. The third-order valence-electron chi connectivity index (χ3n) is 6.48. The highest BCUT2D eigenvalue weighted by molar-refractivity contribution is 7.19. The molecule has 0 bridgehead atoms. The van der Waals surface area contributed by atoms with E-state index in [1.165, 1.54) is 24.3 Å². The van der Waals surface area contributed by atoms with E-state index in [4.69, 9.17) is 9.84 Å². The average molecular weight is 537 g/mol. The summed E-state index contributed by atoms with van der Waals surface area (Å²) in [5, 5.41) is 8.15. The van der Waals surface area contributed by atoms with Crippen molar-refractivity contribution in [2.45, 2.75) is 33.1 Å². The number of morpholine rings is 1. The number of nitrogens with zero attached hydrogens (tertiary/aromatic N) is 5. The average Bonchev–Trinajstić information content (AvgIpc) is 3.49. The number of hydrogen-bond donors (Lipinski definition) is 1. The number of thiazole rings is 1. The number of rotatable bonds is 6. The summed E-state index contributed by atoms with van der Waals surface area (Å²) in [7, 11) is 1.71. The fourth-order valence-electron chi connectivity index (χ4n) is 4.81. The maximum absolute atomic E-state index is 15.7. The second-order valence-corrected chi connectivity index (χ2v) is 10.1. The Labute approximate surface area is 224 Å². The highest BCUT2D eigenvalue weighted by Gasteiger charge is 2.31. The summed E-state index contributed by atoms with van der Waals surface area (Å²) in [6.45, 7) is 5.39. The van der Waals surface area contributed by atoms with E-state index in [9.17, 15) is 9.59 Å². The second-order valence-electron chi connectivity index (χ2n) is 9.09. The quantitative estimate of drug-likeness (QED) is 0.477. The minimum atomic E-state index is -0.551. The molecule has 3 heterocycles. The van der Waals surface area contributed by atoms with Crippen molar-refractivity contribution < 1.29 is 18.7 Å². The molecule has 38 heavy (non-hydrogen) atoms. The van der Waals surface area contributed by atoms with Gasteiger partial charge in [0, 0.05) is 50.0 Å². The number of hydrogen-bond acceptors (Lipinski definition) is 7. The Balaban J connectivity index is 1.64. The van der Waals surface area contributed by atoms with Crippen LogP contribution in [0.25, 0.3) is 21.8 Å². The zero-order valence-corrected chi connectivity index (χ0v) is 22.4. The first-order valence-electron chi connectivity index (χ1n) is 12.6. The zero-order valence-electron chi connectivity index (χ0n) is 21.6. The predicted molar refractivity (Wildman–Crippen MR) is 146 cm³/mol. The number of aryl methyl sites for hydroxylation is 1. The van der Waals surface area contributed by atoms with Gasteiger partial charge in [-0.15, -0.1) is 0 Å². The highest BCUT2D eigenvalue weighted by atomic mass is 32.1. The van der Waals surface area contributed by atoms with Gasteiger partial charge in [0.2, 0.25) is 5.91 Å². The van der Waals surface area contributed by atoms with Gasteiger partial charge < -0.3 is 15.0 Å². The number of benzene rings is 1. The van der Waals surface area contributed by atoms with E-state index in [0.29, 0.717) is 44.3 Å². The SMILES string of the molecule is CC/C=C(\C=NC)c1nn(-c2ccc(C(=O)N3CCOCC3)cc2F)c2c1CCc1nc(NC(C)=O)sc1-2. The van der Waals surface area contributed by atoms with Gasteiger partial charge in [0.05, 0.1) is 35.2 Å². The lowest BCUT2D eigenvalue weighted by atomic mass is 9.95. The van der Waals surface area contributed by atoms with Gasteiger partial charge in [-0.25, -0.2) is 14.1 Å². The summed E-state index contributed by atoms with van der Waals surface area (Å²) >= 11 is 1.35. The number of halogens is 1. The number of carbonyl (C=O) groups is 2. The molecule has 2 amide bonds. The normalized spacial score (nSPS) is 15.5. The van der Waals surface area contributed by atoms with Crippen LogP contribution in [-0.2, 0) is 22.4 Å². The van der Waals surface area contributed by atoms with Crippen LogP contribution in [0, 0.1) is 5.82 Å². The maximum atomic E-state index is 15.7. The summed E-state index contributed by atoms with van der Waals surface area (Å²) in [5.74, 6) is -0.979. The van der Waals surface area contributed by atoms with Gasteiger partial charge in [0.15, 0.2) is 5.13 Å². The molecule has 1 fully saturated rings. The fraction of sp³-hybridized carbons (Fsp3) is 0.370. The van der Waals surface area contributed by atoms with E-state index in [1.54, 1.807) is 35.0 Å².